The second kappa shape index (κ2) is 6.73. The lowest BCUT2D eigenvalue weighted by Crippen LogP contribution is -2.41. The smallest absolute Gasteiger partial charge is 0.255 e. The van der Waals surface area contributed by atoms with Gasteiger partial charge >= 0.3 is 0 Å². The molecule has 1 saturated heterocycles. The third-order valence-corrected chi connectivity index (χ3v) is 4.22. The lowest BCUT2D eigenvalue weighted by atomic mass is 10.1. The van der Waals surface area contributed by atoms with Crippen molar-refractivity contribution < 1.29 is 9.53 Å². The molecule has 104 valence electrons. The predicted octanol–water partition coefficient (Wildman–Crippen LogP) is 3.74. The van der Waals surface area contributed by atoms with Crippen LogP contribution >= 0.6 is 27.5 Å². The molecule has 0 N–H and O–H groups in total. The molecule has 1 heterocycles. The molecular formula is C14H17BrClNO2. The molecule has 0 radical (unpaired) electrons. The molecule has 1 aromatic carbocycles. The van der Waals surface area contributed by atoms with E-state index in [1.54, 1.807) is 12.1 Å². The van der Waals surface area contributed by atoms with E-state index in [0.29, 0.717) is 10.6 Å². The summed E-state index contributed by atoms with van der Waals surface area (Å²) in [6.45, 7) is 4.21. The van der Waals surface area contributed by atoms with Gasteiger partial charge in [0.2, 0.25) is 0 Å². The van der Waals surface area contributed by atoms with Gasteiger partial charge in [0.15, 0.2) is 0 Å². The molecule has 0 atom stereocenters. The van der Waals surface area contributed by atoms with Crippen LogP contribution in [0.3, 0.4) is 0 Å². The fraction of sp³-hybridized carbons (Fsp3) is 0.500. The van der Waals surface area contributed by atoms with Gasteiger partial charge in [-0.25, -0.2) is 0 Å². The van der Waals surface area contributed by atoms with Crippen LogP contribution < -0.4 is 0 Å². The van der Waals surface area contributed by atoms with Crippen molar-refractivity contribution in [3.63, 3.8) is 0 Å². The fourth-order valence-electron chi connectivity index (χ4n) is 2.29. The Morgan fingerprint density at radius 3 is 2.79 bits per heavy atom. The normalized spacial score (nSPS) is 16.7. The summed E-state index contributed by atoms with van der Waals surface area (Å²) in [7, 11) is 0. The predicted molar refractivity (Wildman–Crippen MR) is 79.7 cm³/mol. The van der Waals surface area contributed by atoms with Crippen molar-refractivity contribution in [3.05, 3.63) is 33.3 Å². The Hall–Kier alpha value is -0.580. The van der Waals surface area contributed by atoms with E-state index in [4.69, 9.17) is 16.3 Å². The van der Waals surface area contributed by atoms with Gasteiger partial charge in [0.05, 0.1) is 11.7 Å². The average Bonchev–Trinajstić information content (AvgIpc) is 2.42. The van der Waals surface area contributed by atoms with Crippen LogP contribution in [-0.4, -0.2) is 36.6 Å². The number of halogens is 2. The maximum absolute atomic E-state index is 12.4. The van der Waals surface area contributed by atoms with Crippen LogP contribution in [0.1, 0.15) is 30.1 Å². The summed E-state index contributed by atoms with van der Waals surface area (Å²) in [5.74, 6) is 0.0318. The molecule has 0 aromatic heterocycles. The van der Waals surface area contributed by atoms with E-state index in [0.717, 1.165) is 37.0 Å². The first-order valence-electron chi connectivity index (χ1n) is 6.47. The number of amides is 1. The Balaban J connectivity index is 2.03. The molecule has 1 aliphatic heterocycles. The Morgan fingerprint density at radius 1 is 1.47 bits per heavy atom. The molecule has 0 unspecified atom stereocenters. The molecule has 0 saturated carbocycles. The average molecular weight is 347 g/mol. The van der Waals surface area contributed by atoms with Gasteiger partial charge in [-0.15, -0.1) is 0 Å². The molecule has 3 nitrogen and oxygen atoms in total. The first-order valence-corrected chi connectivity index (χ1v) is 7.65. The summed E-state index contributed by atoms with van der Waals surface area (Å²) in [5.41, 5.74) is 0.627. The Kier molecular flexibility index (Phi) is 5.25. The van der Waals surface area contributed by atoms with E-state index in [2.05, 4.69) is 15.9 Å². The number of rotatable bonds is 3. The molecule has 1 fully saturated rings. The van der Waals surface area contributed by atoms with Gasteiger partial charge in [0, 0.05) is 29.2 Å². The number of carbonyl (C=O) groups is 1. The van der Waals surface area contributed by atoms with Crippen molar-refractivity contribution in [2.24, 2.45) is 0 Å². The zero-order valence-electron chi connectivity index (χ0n) is 10.9. The minimum atomic E-state index is 0.0318. The molecule has 0 spiro atoms. The highest BCUT2D eigenvalue weighted by atomic mass is 79.9. The third kappa shape index (κ3) is 3.71. The molecule has 0 aliphatic carbocycles. The topological polar surface area (TPSA) is 29.5 Å². The van der Waals surface area contributed by atoms with Crippen molar-refractivity contribution in [2.75, 3.05) is 19.7 Å². The van der Waals surface area contributed by atoms with Gasteiger partial charge in [-0.1, -0.05) is 11.6 Å². The van der Waals surface area contributed by atoms with Crippen LogP contribution in [0.5, 0.6) is 0 Å². The molecule has 2 rings (SSSR count). The van der Waals surface area contributed by atoms with Crippen LogP contribution in [0.15, 0.2) is 22.7 Å². The fourth-order valence-corrected chi connectivity index (χ4v) is 2.88. The number of hydrogen-bond donors (Lipinski definition) is 0. The Morgan fingerprint density at radius 2 is 2.16 bits per heavy atom. The highest BCUT2D eigenvalue weighted by molar-refractivity contribution is 9.10. The van der Waals surface area contributed by atoms with E-state index in [9.17, 15) is 4.79 Å². The number of hydrogen-bond acceptors (Lipinski definition) is 2. The quantitative estimate of drug-likeness (QED) is 0.834. The third-order valence-electron chi connectivity index (χ3n) is 3.29. The van der Waals surface area contributed by atoms with Crippen LogP contribution in [-0.2, 0) is 4.74 Å². The summed E-state index contributed by atoms with van der Waals surface area (Å²) in [5, 5.41) is 0.579. The SMILES string of the molecule is CCOC1CCN(C(=O)c2cc(Cl)ccc2Br)CC1. The zero-order chi connectivity index (χ0) is 13.8. The second-order valence-corrected chi connectivity index (χ2v) is 5.86. The number of nitrogens with zero attached hydrogens (tertiary/aromatic N) is 1. The van der Waals surface area contributed by atoms with E-state index < -0.39 is 0 Å². The van der Waals surface area contributed by atoms with Crippen molar-refractivity contribution in [3.8, 4) is 0 Å². The maximum Gasteiger partial charge on any atom is 0.255 e. The van der Waals surface area contributed by atoms with Crippen molar-refractivity contribution in [2.45, 2.75) is 25.9 Å². The number of carbonyl (C=O) groups excluding carboxylic acids is 1. The van der Waals surface area contributed by atoms with Crippen LogP contribution in [0.4, 0.5) is 0 Å². The van der Waals surface area contributed by atoms with Gasteiger partial charge in [0.1, 0.15) is 0 Å². The van der Waals surface area contributed by atoms with Gasteiger partial charge in [-0.3, -0.25) is 4.79 Å². The first kappa shape index (κ1) is 14.8. The van der Waals surface area contributed by atoms with Crippen molar-refractivity contribution in [1.29, 1.82) is 0 Å². The minimum Gasteiger partial charge on any atom is -0.378 e. The molecule has 19 heavy (non-hydrogen) atoms. The highest BCUT2D eigenvalue weighted by Gasteiger charge is 2.24. The van der Waals surface area contributed by atoms with Gasteiger partial charge in [-0.05, 0) is 53.9 Å². The summed E-state index contributed by atoms with van der Waals surface area (Å²) >= 11 is 9.36. The number of benzene rings is 1. The largest absolute Gasteiger partial charge is 0.378 e. The van der Waals surface area contributed by atoms with Crippen LogP contribution in [0.25, 0.3) is 0 Å². The molecule has 5 heteroatoms. The lowest BCUT2D eigenvalue weighted by Gasteiger charge is -2.32. The van der Waals surface area contributed by atoms with Gasteiger partial charge in [0.25, 0.3) is 5.91 Å². The van der Waals surface area contributed by atoms with E-state index >= 15 is 0 Å². The number of likely N-dealkylation sites (tertiary alicyclic amines) is 1. The summed E-state index contributed by atoms with van der Waals surface area (Å²) in [6, 6.07) is 5.29. The Labute approximate surface area is 127 Å². The first-order chi connectivity index (χ1) is 9.11. The monoisotopic (exact) mass is 345 g/mol. The summed E-state index contributed by atoms with van der Waals surface area (Å²) < 4.78 is 6.38. The molecule has 1 aliphatic rings. The molecule has 0 bridgehead atoms. The highest BCUT2D eigenvalue weighted by Crippen LogP contribution is 2.24. The number of ether oxygens (including phenoxy) is 1. The molecule has 1 amide bonds. The lowest BCUT2D eigenvalue weighted by molar-refractivity contribution is 0.0146. The number of piperidine rings is 1. The summed E-state index contributed by atoms with van der Waals surface area (Å²) in [6.07, 6.45) is 2.09. The van der Waals surface area contributed by atoms with E-state index in [1.165, 1.54) is 0 Å². The molecular weight excluding hydrogens is 330 g/mol. The second-order valence-electron chi connectivity index (χ2n) is 4.57. The van der Waals surface area contributed by atoms with Gasteiger partial charge in [-0.2, -0.15) is 0 Å². The minimum absolute atomic E-state index is 0.0318. The van der Waals surface area contributed by atoms with Crippen molar-refractivity contribution >= 4 is 33.4 Å². The maximum atomic E-state index is 12.4. The Bertz CT molecular complexity index is 459. The van der Waals surface area contributed by atoms with E-state index in [1.807, 2.05) is 17.9 Å². The summed E-state index contributed by atoms with van der Waals surface area (Å²) in [4.78, 5) is 14.3. The van der Waals surface area contributed by atoms with Crippen LogP contribution in [0, 0.1) is 0 Å². The van der Waals surface area contributed by atoms with Gasteiger partial charge < -0.3 is 9.64 Å². The van der Waals surface area contributed by atoms with Crippen molar-refractivity contribution in [1.82, 2.24) is 4.90 Å². The van der Waals surface area contributed by atoms with Crippen LogP contribution in [0.2, 0.25) is 5.02 Å². The zero-order valence-corrected chi connectivity index (χ0v) is 13.2. The molecule has 1 aromatic rings. The van der Waals surface area contributed by atoms with E-state index in [-0.39, 0.29) is 12.0 Å². The standard InChI is InChI=1S/C14H17BrClNO2/c1-2-19-11-5-7-17(8-6-11)14(18)12-9-10(16)3-4-13(12)15/h3-4,9,11H,2,5-8H2,1H3.